The highest BCUT2D eigenvalue weighted by Crippen LogP contribution is 2.27. The molecule has 0 aliphatic heterocycles. The van der Waals surface area contributed by atoms with E-state index in [1.54, 1.807) is 0 Å². The van der Waals surface area contributed by atoms with E-state index in [0.717, 1.165) is 6.07 Å². The van der Waals surface area contributed by atoms with Gasteiger partial charge in [0.05, 0.1) is 6.61 Å². The third kappa shape index (κ3) is 2.85. The van der Waals surface area contributed by atoms with Gasteiger partial charge in [0.15, 0.2) is 29.0 Å². The third-order valence-corrected chi connectivity index (χ3v) is 2.36. The Kier molecular flexibility index (Phi) is 3.71. The van der Waals surface area contributed by atoms with Gasteiger partial charge < -0.3 is 9.84 Å². The van der Waals surface area contributed by atoms with E-state index in [2.05, 4.69) is 0 Å². The molecule has 2 aromatic carbocycles. The minimum atomic E-state index is -1.62. The van der Waals surface area contributed by atoms with Crippen molar-refractivity contribution in [3.63, 3.8) is 0 Å². The molecule has 1 N–H and O–H groups in total. The molecule has 2 aromatic rings. The minimum Gasteiger partial charge on any atom is -0.454 e. The van der Waals surface area contributed by atoms with Crippen LogP contribution in [0.15, 0.2) is 30.3 Å². The number of benzene rings is 2. The molecule has 0 spiro atoms. The zero-order valence-corrected chi connectivity index (χ0v) is 9.46. The Morgan fingerprint density at radius 1 is 0.895 bits per heavy atom. The molecule has 0 radical (unpaired) electrons. The molecule has 100 valence electrons. The number of hydrogen-bond donors (Lipinski definition) is 1. The predicted octanol–water partition coefficient (Wildman–Crippen LogP) is 3.53. The van der Waals surface area contributed by atoms with Crippen LogP contribution in [0.2, 0.25) is 0 Å². The molecule has 2 nitrogen and oxygen atoms in total. The highest BCUT2D eigenvalue weighted by atomic mass is 19.2. The Labute approximate surface area is 105 Å². The summed E-state index contributed by atoms with van der Waals surface area (Å²) in [5, 5.41) is 8.80. The molecule has 6 heteroatoms. The van der Waals surface area contributed by atoms with E-state index < -0.39 is 23.3 Å². The molecule has 0 aliphatic carbocycles. The Morgan fingerprint density at radius 3 is 2.05 bits per heavy atom. The molecule has 0 heterocycles. The van der Waals surface area contributed by atoms with Crippen molar-refractivity contribution in [2.24, 2.45) is 0 Å². The number of halogens is 4. The second-order valence-corrected chi connectivity index (χ2v) is 3.73. The smallest absolute Gasteiger partial charge is 0.194 e. The van der Waals surface area contributed by atoms with E-state index in [0.29, 0.717) is 17.7 Å². The molecule has 0 atom stereocenters. The zero-order chi connectivity index (χ0) is 14.0. The first-order valence-electron chi connectivity index (χ1n) is 5.23. The van der Waals surface area contributed by atoms with Crippen molar-refractivity contribution in [2.75, 3.05) is 0 Å². The number of aliphatic hydroxyl groups excluding tert-OH is 1. The zero-order valence-electron chi connectivity index (χ0n) is 9.46. The van der Waals surface area contributed by atoms with E-state index in [4.69, 9.17) is 9.84 Å². The van der Waals surface area contributed by atoms with E-state index in [1.807, 2.05) is 0 Å². The number of rotatable bonds is 3. The molecule has 0 unspecified atom stereocenters. The molecule has 0 bridgehead atoms. The van der Waals surface area contributed by atoms with Crippen LogP contribution >= 0.6 is 0 Å². The van der Waals surface area contributed by atoms with Gasteiger partial charge in [0, 0.05) is 12.1 Å². The maximum atomic E-state index is 13.5. The van der Waals surface area contributed by atoms with Crippen molar-refractivity contribution in [2.45, 2.75) is 6.61 Å². The molecule has 0 aliphatic rings. The fraction of sp³-hybridized carbons (Fsp3) is 0.0769. The van der Waals surface area contributed by atoms with Gasteiger partial charge in [-0.3, -0.25) is 0 Å². The van der Waals surface area contributed by atoms with Crippen LogP contribution in [0.1, 0.15) is 5.56 Å². The standard InChI is InChI=1S/C13H8F4O2/c14-9-3-7(6-18)1-2-12(9)19-8-4-10(15)13(17)11(16)5-8/h1-5,18H,6H2. The summed E-state index contributed by atoms with van der Waals surface area (Å²) in [6.45, 7) is -0.350. The van der Waals surface area contributed by atoms with Crippen molar-refractivity contribution >= 4 is 0 Å². The summed E-state index contributed by atoms with van der Waals surface area (Å²) in [6.07, 6.45) is 0. The van der Waals surface area contributed by atoms with Gasteiger partial charge in [-0.05, 0) is 17.7 Å². The second-order valence-electron chi connectivity index (χ2n) is 3.73. The molecular formula is C13H8F4O2. The minimum absolute atomic E-state index is 0.289. The van der Waals surface area contributed by atoms with Crippen molar-refractivity contribution < 1.29 is 27.4 Å². The van der Waals surface area contributed by atoms with Gasteiger partial charge in [-0.25, -0.2) is 17.6 Å². The molecule has 0 saturated carbocycles. The van der Waals surface area contributed by atoms with Gasteiger partial charge in [-0.1, -0.05) is 6.07 Å². The summed E-state index contributed by atoms with van der Waals surface area (Å²) in [4.78, 5) is 0. The fourth-order valence-corrected chi connectivity index (χ4v) is 1.44. The van der Waals surface area contributed by atoms with Crippen LogP contribution in [0.4, 0.5) is 17.6 Å². The lowest BCUT2D eigenvalue weighted by Crippen LogP contribution is -1.95. The summed E-state index contributed by atoms with van der Waals surface area (Å²) in [7, 11) is 0. The van der Waals surface area contributed by atoms with Gasteiger partial charge in [0.25, 0.3) is 0 Å². The van der Waals surface area contributed by atoms with Gasteiger partial charge in [-0.15, -0.1) is 0 Å². The molecule has 0 amide bonds. The monoisotopic (exact) mass is 272 g/mol. The molecular weight excluding hydrogens is 264 g/mol. The van der Waals surface area contributed by atoms with E-state index in [-0.39, 0.29) is 18.1 Å². The maximum absolute atomic E-state index is 13.5. The predicted molar refractivity (Wildman–Crippen MR) is 58.7 cm³/mol. The highest BCUT2D eigenvalue weighted by molar-refractivity contribution is 5.35. The van der Waals surface area contributed by atoms with Crippen molar-refractivity contribution in [1.29, 1.82) is 0 Å². The largest absolute Gasteiger partial charge is 0.454 e. The van der Waals surface area contributed by atoms with Gasteiger partial charge in [0.1, 0.15) is 5.75 Å². The fourth-order valence-electron chi connectivity index (χ4n) is 1.44. The van der Waals surface area contributed by atoms with Gasteiger partial charge >= 0.3 is 0 Å². The normalized spacial score (nSPS) is 10.6. The molecule has 0 fully saturated rings. The molecule has 0 saturated heterocycles. The first-order valence-corrected chi connectivity index (χ1v) is 5.23. The maximum Gasteiger partial charge on any atom is 0.194 e. The van der Waals surface area contributed by atoms with Crippen LogP contribution in [0.5, 0.6) is 11.5 Å². The Hall–Kier alpha value is -2.08. The van der Waals surface area contributed by atoms with Crippen molar-refractivity contribution in [1.82, 2.24) is 0 Å². The lowest BCUT2D eigenvalue weighted by molar-refractivity contribution is 0.281. The number of ether oxygens (including phenoxy) is 1. The summed E-state index contributed by atoms with van der Waals surface area (Å²) in [5.74, 6) is -5.94. The molecule has 0 aromatic heterocycles. The average Bonchev–Trinajstić information content (AvgIpc) is 2.38. The second kappa shape index (κ2) is 5.27. The Morgan fingerprint density at radius 2 is 1.53 bits per heavy atom. The first-order chi connectivity index (χ1) is 9.01. The lowest BCUT2D eigenvalue weighted by atomic mass is 10.2. The summed E-state index contributed by atoms with van der Waals surface area (Å²) in [6, 6.07) is 4.82. The Bertz CT molecular complexity index is 591. The van der Waals surface area contributed by atoms with Gasteiger partial charge in [0.2, 0.25) is 0 Å². The quantitative estimate of drug-likeness (QED) is 0.684. The van der Waals surface area contributed by atoms with Crippen molar-refractivity contribution in [3.05, 3.63) is 59.2 Å². The lowest BCUT2D eigenvalue weighted by Gasteiger charge is -2.08. The van der Waals surface area contributed by atoms with Crippen LogP contribution < -0.4 is 4.74 Å². The average molecular weight is 272 g/mol. The van der Waals surface area contributed by atoms with Crippen LogP contribution in [0, 0.1) is 23.3 Å². The summed E-state index contributed by atoms with van der Waals surface area (Å²) in [5.41, 5.74) is 0.321. The van der Waals surface area contributed by atoms with Crippen LogP contribution in [0.3, 0.4) is 0 Å². The molecule has 2 rings (SSSR count). The summed E-state index contributed by atoms with van der Waals surface area (Å²) < 4.78 is 57.0. The highest BCUT2D eigenvalue weighted by Gasteiger charge is 2.13. The van der Waals surface area contributed by atoms with E-state index >= 15 is 0 Å². The summed E-state index contributed by atoms with van der Waals surface area (Å²) >= 11 is 0. The first kappa shape index (κ1) is 13.4. The van der Waals surface area contributed by atoms with E-state index in [1.165, 1.54) is 12.1 Å². The Balaban J connectivity index is 2.31. The number of hydrogen-bond acceptors (Lipinski definition) is 2. The van der Waals surface area contributed by atoms with E-state index in [9.17, 15) is 17.6 Å². The van der Waals surface area contributed by atoms with Crippen LogP contribution in [-0.2, 0) is 6.61 Å². The van der Waals surface area contributed by atoms with Crippen LogP contribution in [-0.4, -0.2) is 5.11 Å². The van der Waals surface area contributed by atoms with Crippen molar-refractivity contribution in [3.8, 4) is 11.5 Å². The van der Waals surface area contributed by atoms with Gasteiger partial charge in [-0.2, -0.15) is 0 Å². The molecule has 19 heavy (non-hydrogen) atoms. The SMILES string of the molecule is OCc1ccc(Oc2cc(F)c(F)c(F)c2)c(F)c1. The topological polar surface area (TPSA) is 29.5 Å². The van der Waals surface area contributed by atoms with Crippen LogP contribution in [0.25, 0.3) is 0 Å². The number of aliphatic hydroxyl groups is 1. The third-order valence-electron chi connectivity index (χ3n) is 2.36.